The van der Waals surface area contributed by atoms with E-state index in [1.807, 2.05) is 25.1 Å². The maximum Gasteiger partial charge on any atom is 0.323 e. The SMILES string of the molecule is COCC(CO)NC(C)c1ccc2[nH]c(=O)[nH]c2c1. The van der Waals surface area contributed by atoms with Gasteiger partial charge in [-0.15, -0.1) is 0 Å². The topological polar surface area (TPSA) is 90.1 Å². The number of fused-ring (bicyclic) bond motifs is 1. The maximum absolute atomic E-state index is 11.2. The van der Waals surface area contributed by atoms with Gasteiger partial charge in [0, 0.05) is 13.2 Å². The monoisotopic (exact) mass is 265 g/mol. The van der Waals surface area contributed by atoms with Crippen molar-refractivity contribution in [1.29, 1.82) is 0 Å². The lowest BCUT2D eigenvalue weighted by molar-refractivity contribution is 0.123. The van der Waals surface area contributed by atoms with Crippen LogP contribution in [0.4, 0.5) is 0 Å². The third-order valence-corrected chi connectivity index (χ3v) is 3.11. The fourth-order valence-electron chi connectivity index (χ4n) is 2.12. The van der Waals surface area contributed by atoms with Crippen molar-refractivity contribution in [2.45, 2.75) is 19.0 Å². The minimum absolute atomic E-state index is 0.0153. The van der Waals surface area contributed by atoms with E-state index in [-0.39, 0.29) is 24.4 Å². The van der Waals surface area contributed by atoms with E-state index in [9.17, 15) is 9.90 Å². The van der Waals surface area contributed by atoms with Gasteiger partial charge in [-0.05, 0) is 24.6 Å². The summed E-state index contributed by atoms with van der Waals surface area (Å²) in [4.78, 5) is 16.6. The first-order valence-corrected chi connectivity index (χ1v) is 6.22. The predicted octanol–water partition coefficient (Wildman–Crippen LogP) is 0.514. The second kappa shape index (κ2) is 6.01. The van der Waals surface area contributed by atoms with Gasteiger partial charge < -0.3 is 25.1 Å². The van der Waals surface area contributed by atoms with Gasteiger partial charge in [0.05, 0.1) is 30.3 Å². The summed E-state index contributed by atoms with van der Waals surface area (Å²) < 4.78 is 5.03. The van der Waals surface area contributed by atoms with Crippen LogP contribution >= 0.6 is 0 Å². The van der Waals surface area contributed by atoms with Gasteiger partial charge in [0.1, 0.15) is 0 Å². The van der Waals surface area contributed by atoms with Gasteiger partial charge in [0.2, 0.25) is 0 Å². The first-order valence-electron chi connectivity index (χ1n) is 6.22. The van der Waals surface area contributed by atoms with Crippen molar-refractivity contribution in [1.82, 2.24) is 15.3 Å². The van der Waals surface area contributed by atoms with E-state index in [1.54, 1.807) is 7.11 Å². The molecule has 2 rings (SSSR count). The number of aliphatic hydroxyl groups is 1. The third kappa shape index (κ3) is 3.23. The quantitative estimate of drug-likeness (QED) is 0.613. The largest absolute Gasteiger partial charge is 0.395 e. The zero-order valence-electron chi connectivity index (χ0n) is 11.1. The van der Waals surface area contributed by atoms with Crippen molar-refractivity contribution in [3.63, 3.8) is 0 Å². The van der Waals surface area contributed by atoms with E-state index in [1.165, 1.54) is 0 Å². The van der Waals surface area contributed by atoms with Gasteiger partial charge in [-0.1, -0.05) is 6.07 Å². The van der Waals surface area contributed by atoms with Gasteiger partial charge in [0.15, 0.2) is 0 Å². The van der Waals surface area contributed by atoms with Crippen LogP contribution in [0.15, 0.2) is 23.0 Å². The molecule has 0 amide bonds. The fourth-order valence-corrected chi connectivity index (χ4v) is 2.12. The molecule has 6 heteroatoms. The van der Waals surface area contributed by atoms with Crippen LogP contribution in [0.3, 0.4) is 0 Å². The maximum atomic E-state index is 11.2. The molecule has 2 unspecified atom stereocenters. The minimum atomic E-state index is -0.208. The number of ether oxygens (including phenoxy) is 1. The molecule has 6 nitrogen and oxygen atoms in total. The highest BCUT2D eigenvalue weighted by Gasteiger charge is 2.13. The third-order valence-electron chi connectivity index (χ3n) is 3.11. The number of imidazole rings is 1. The van der Waals surface area contributed by atoms with Gasteiger partial charge in [-0.2, -0.15) is 0 Å². The standard InChI is InChI=1S/C13H19N3O3/c1-8(14-10(6-17)7-19-2)9-3-4-11-12(5-9)16-13(18)15-11/h3-5,8,10,14,17H,6-7H2,1-2H3,(H2,15,16,18). The lowest BCUT2D eigenvalue weighted by atomic mass is 10.1. The Hall–Kier alpha value is -1.63. The number of aromatic nitrogens is 2. The molecule has 4 N–H and O–H groups in total. The van der Waals surface area contributed by atoms with Crippen LogP contribution in [0.2, 0.25) is 0 Å². The van der Waals surface area contributed by atoms with E-state index in [0.717, 1.165) is 16.6 Å². The summed E-state index contributed by atoms with van der Waals surface area (Å²) in [5, 5.41) is 12.5. The van der Waals surface area contributed by atoms with Gasteiger partial charge in [-0.3, -0.25) is 0 Å². The number of hydrogen-bond acceptors (Lipinski definition) is 4. The highest BCUT2D eigenvalue weighted by molar-refractivity contribution is 5.75. The number of methoxy groups -OCH3 is 1. The minimum Gasteiger partial charge on any atom is -0.395 e. The van der Waals surface area contributed by atoms with E-state index >= 15 is 0 Å². The Labute approximate surface area is 110 Å². The number of nitrogens with one attached hydrogen (secondary N) is 3. The smallest absolute Gasteiger partial charge is 0.323 e. The Balaban J connectivity index is 2.15. The number of aromatic amines is 2. The summed E-state index contributed by atoms with van der Waals surface area (Å²) in [6.07, 6.45) is 0. The molecule has 1 heterocycles. The van der Waals surface area contributed by atoms with Crippen LogP contribution in [0.5, 0.6) is 0 Å². The van der Waals surface area contributed by atoms with Crippen LogP contribution < -0.4 is 11.0 Å². The lowest BCUT2D eigenvalue weighted by Gasteiger charge is -2.21. The molecule has 2 atom stereocenters. The predicted molar refractivity (Wildman–Crippen MR) is 73.2 cm³/mol. The molecular weight excluding hydrogens is 246 g/mol. The number of H-pyrrole nitrogens is 2. The molecule has 104 valence electrons. The Kier molecular flexibility index (Phi) is 4.36. The van der Waals surface area contributed by atoms with Crippen LogP contribution in [0.1, 0.15) is 18.5 Å². The van der Waals surface area contributed by atoms with Crippen molar-refractivity contribution in [2.75, 3.05) is 20.3 Å². The second-order valence-corrected chi connectivity index (χ2v) is 4.61. The molecule has 0 aliphatic carbocycles. The molecule has 0 aliphatic heterocycles. The summed E-state index contributed by atoms with van der Waals surface area (Å²) in [5.74, 6) is 0. The highest BCUT2D eigenvalue weighted by atomic mass is 16.5. The van der Waals surface area contributed by atoms with Crippen LogP contribution in [0.25, 0.3) is 11.0 Å². The Morgan fingerprint density at radius 1 is 1.37 bits per heavy atom. The molecule has 1 aromatic heterocycles. The molecule has 0 aliphatic rings. The molecule has 0 saturated carbocycles. The van der Waals surface area contributed by atoms with Crippen molar-refractivity contribution in [2.24, 2.45) is 0 Å². The van der Waals surface area contributed by atoms with Crippen LogP contribution in [-0.2, 0) is 4.74 Å². The molecule has 0 saturated heterocycles. The number of benzene rings is 1. The number of aliphatic hydroxyl groups excluding tert-OH is 1. The van der Waals surface area contributed by atoms with Crippen molar-refractivity contribution < 1.29 is 9.84 Å². The molecule has 1 aromatic carbocycles. The molecule has 0 radical (unpaired) electrons. The lowest BCUT2D eigenvalue weighted by Crippen LogP contribution is -2.38. The molecule has 19 heavy (non-hydrogen) atoms. The van der Waals surface area contributed by atoms with Crippen molar-refractivity contribution in [3.8, 4) is 0 Å². The van der Waals surface area contributed by atoms with E-state index < -0.39 is 0 Å². The van der Waals surface area contributed by atoms with E-state index in [2.05, 4.69) is 15.3 Å². The average Bonchev–Trinajstić information content (AvgIpc) is 2.76. The van der Waals surface area contributed by atoms with Crippen LogP contribution in [0, 0.1) is 0 Å². The Morgan fingerprint density at radius 2 is 2.11 bits per heavy atom. The number of rotatable bonds is 6. The van der Waals surface area contributed by atoms with E-state index in [4.69, 9.17) is 4.74 Å². The van der Waals surface area contributed by atoms with Gasteiger partial charge in [0.25, 0.3) is 0 Å². The summed E-state index contributed by atoms with van der Waals surface area (Å²) in [5.41, 5.74) is 2.40. The highest BCUT2D eigenvalue weighted by Crippen LogP contribution is 2.17. The average molecular weight is 265 g/mol. The molecule has 0 fully saturated rings. The normalized spacial score (nSPS) is 14.7. The summed E-state index contributed by atoms with van der Waals surface area (Å²) in [7, 11) is 1.60. The Bertz CT molecular complexity index is 590. The Morgan fingerprint density at radius 3 is 2.79 bits per heavy atom. The zero-order chi connectivity index (χ0) is 13.8. The van der Waals surface area contributed by atoms with Gasteiger partial charge >= 0.3 is 5.69 Å². The van der Waals surface area contributed by atoms with Crippen LogP contribution in [-0.4, -0.2) is 41.4 Å². The first-order chi connectivity index (χ1) is 9.13. The molecule has 0 bridgehead atoms. The first kappa shape index (κ1) is 13.8. The van der Waals surface area contributed by atoms with Gasteiger partial charge in [-0.25, -0.2) is 4.79 Å². The molecule has 0 spiro atoms. The molecular formula is C13H19N3O3. The molecule has 2 aromatic rings. The van der Waals surface area contributed by atoms with Crippen molar-refractivity contribution >= 4 is 11.0 Å². The summed E-state index contributed by atoms with van der Waals surface area (Å²) >= 11 is 0. The fraction of sp³-hybridized carbons (Fsp3) is 0.462. The summed E-state index contributed by atoms with van der Waals surface area (Å²) in [6.45, 7) is 2.47. The number of hydrogen-bond donors (Lipinski definition) is 4. The second-order valence-electron chi connectivity index (χ2n) is 4.61. The summed E-state index contributed by atoms with van der Waals surface area (Å²) in [6, 6.07) is 5.68. The zero-order valence-corrected chi connectivity index (χ0v) is 11.1. The van der Waals surface area contributed by atoms with E-state index in [0.29, 0.717) is 6.61 Å². The van der Waals surface area contributed by atoms with Crippen molar-refractivity contribution in [3.05, 3.63) is 34.2 Å².